The molecule has 1 saturated heterocycles. The molecule has 4 rings (SSSR count). The van der Waals surface area contributed by atoms with Crippen LogP contribution in [0.1, 0.15) is 19.5 Å². The molecule has 0 aromatic carbocycles. The molecular formula is C22H25N5OS. The van der Waals surface area contributed by atoms with E-state index in [1.807, 2.05) is 37.5 Å². The van der Waals surface area contributed by atoms with Crippen LogP contribution in [0.25, 0.3) is 28.0 Å². The van der Waals surface area contributed by atoms with E-state index in [0.29, 0.717) is 19.0 Å². The quantitative estimate of drug-likeness (QED) is 0.494. The molecule has 3 aromatic rings. The average Bonchev–Trinajstić information content (AvgIpc) is 3.25. The van der Waals surface area contributed by atoms with E-state index in [9.17, 15) is 0 Å². The molecule has 0 bridgehead atoms. The Balaban J connectivity index is 1.90. The van der Waals surface area contributed by atoms with Crippen LogP contribution in [0, 0.1) is 0 Å². The van der Waals surface area contributed by atoms with Crippen LogP contribution in [0.2, 0.25) is 0 Å². The second kappa shape index (κ2) is 8.80. The van der Waals surface area contributed by atoms with Crippen LogP contribution in [0.4, 0.5) is 5.82 Å². The lowest BCUT2D eigenvalue weighted by molar-refractivity contribution is 0.122. The number of hydrogen-bond acceptors (Lipinski definition) is 6. The summed E-state index contributed by atoms with van der Waals surface area (Å²) >= 11 is 1.69. The van der Waals surface area contributed by atoms with Crippen molar-refractivity contribution in [3.63, 3.8) is 0 Å². The van der Waals surface area contributed by atoms with Crippen LogP contribution in [-0.4, -0.2) is 52.5 Å². The van der Waals surface area contributed by atoms with Crippen LogP contribution >= 0.6 is 11.8 Å². The molecule has 4 heterocycles. The molecule has 3 aromatic heterocycles. The van der Waals surface area contributed by atoms with Gasteiger partial charge in [0.1, 0.15) is 11.5 Å². The fourth-order valence-corrected chi connectivity index (χ4v) is 4.15. The van der Waals surface area contributed by atoms with Crippen LogP contribution in [0.5, 0.6) is 0 Å². The third-order valence-electron chi connectivity index (χ3n) is 4.93. The zero-order valence-electron chi connectivity index (χ0n) is 17.0. The number of ether oxygens (including phenoxy) is 1. The number of allylic oxidation sites excluding steroid dienone is 4. The van der Waals surface area contributed by atoms with E-state index in [-0.39, 0.29) is 0 Å². The van der Waals surface area contributed by atoms with Gasteiger partial charge in [0.2, 0.25) is 0 Å². The molecule has 0 atom stereocenters. The van der Waals surface area contributed by atoms with Crippen molar-refractivity contribution in [3.8, 4) is 11.4 Å². The summed E-state index contributed by atoms with van der Waals surface area (Å²) in [5, 5.41) is 1.05. The maximum atomic E-state index is 5.55. The number of hydrogen-bond donors (Lipinski definition) is 1. The lowest BCUT2D eigenvalue weighted by Gasteiger charge is -2.30. The van der Waals surface area contributed by atoms with Gasteiger partial charge in [-0.25, -0.2) is 15.0 Å². The monoisotopic (exact) mass is 407 g/mol. The summed E-state index contributed by atoms with van der Waals surface area (Å²) in [7, 11) is 0. The van der Waals surface area contributed by atoms with Crippen LogP contribution in [0.15, 0.2) is 47.6 Å². The Labute approximate surface area is 175 Å². The third kappa shape index (κ3) is 4.06. The van der Waals surface area contributed by atoms with Gasteiger partial charge in [0, 0.05) is 36.4 Å². The predicted molar refractivity (Wildman–Crippen MR) is 120 cm³/mol. The molecular weight excluding hydrogens is 382 g/mol. The minimum absolute atomic E-state index is 0.697. The van der Waals surface area contributed by atoms with Crippen LogP contribution in [-0.2, 0) is 4.74 Å². The van der Waals surface area contributed by atoms with Gasteiger partial charge in [-0.2, -0.15) is 0 Å². The number of anilines is 1. The average molecular weight is 408 g/mol. The molecule has 0 unspecified atom stereocenters. The molecule has 1 aliphatic heterocycles. The lowest BCUT2D eigenvalue weighted by Crippen LogP contribution is -2.37. The number of fused-ring (bicyclic) bond motifs is 1. The van der Waals surface area contributed by atoms with Gasteiger partial charge in [0.05, 0.1) is 23.8 Å². The molecule has 150 valence electrons. The topological polar surface area (TPSA) is 66.9 Å². The molecule has 7 heteroatoms. The summed E-state index contributed by atoms with van der Waals surface area (Å²) in [6, 6.07) is 4.11. The molecule has 29 heavy (non-hydrogen) atoms. The van der Waals surface area contributed by atoms with Crippen molar-refractivity contribution in [3.05, 3.63) is 48.4 Å². The third-order valence-corrected chi connectivity index (χ3v) is 5.72. The van der Waals surface area contributed by atoms with Gasteiger partial charge >= 0.3 is 0 Å². The molecule has 0 amide bonds. The van der Waals surface area contributed by atoms with Crippen molar-refractivity contribution >= 4 is 34.2 Å². The number of pyridine rings is 1. The molecule has 0 aliphatic carbocycles. The highest BCUT2D eigenvalue weighted by molar-refractivity contribution is 7.98. The Morgan fingerprint density at radius 3 is 2.86 bits per heavy atom. The minimum Gasteiger partial charge on any atom is -0.378 e. The zero-order chi connectivity index (χ0) is 20.2. The highest BCUT2D eigenvalue weighted by atomic mass is 32.2. The molecule has 1 fully saturated rings. The van der Waals surface area contributed by atoms with Gasteiger partial charge < -0.3 is 14.6 Å². The number of nitrogens with one attached hydrogen (secondary N) is 1. The van der Waals surface area contributed by atoms with Crippen molar-refractivity contribution in [2.75, 3.05) is 37.5 Å². The Kier molecular flexibility index (Phi) is 5.97. The van der Waals surface area contributed by atoms with Crippen molar-refractivity contribution < 1.29 is 4.74 Å². The first-order valence-corrected chi connectivity index (χ1v) is 11.0. The smallest absolute Gasteiger partial charge is 0.163 e. The SMILES string of the molecule is C/C=C/C=C(\C)c1nc(-c2cnc3[nH]ccc3c2)nc(N2CCOCC2)c1SC. The Morgan fingerprint density at radius 1 is 1.28 bits per heavy atom. The number of morpholine rings is 1. The number of aromatic amines is 1. The Morgan fingerprint density at radius 2 is 2.10 bits per heavy atom. The minimum atomic E-state index is 0.697. The van der Waals surface area contributed by atoms with Crippen LogP contribution in [0.3, 0.4) is 0 Å². The summed E-state index contributed by atoms with van der Waals surface area (Å²) in [5.74, 6) is 1.67. The van der Waals surface area contributed by atoms with Gasteiger partial charge in [0.25, 0.3) is 0 Å². The molecule has 1 N–H and O–H groups in total. The van der Waals surface area contributed by atoms with E-state index in [2.05, 4.69) is 40.2 Å². The summed E-state index contributed by atoms with van der Waals surface area (Å²) in [6.07, 6.45) is 12.0. The predicted octanol–water partition coefficient (Wildman–Crippen LogP) is 4.56. The zero-order valence-corrected chi connectivity index (χ0v) is 17.8. The molecule has 0 saturated carbocycles. The van der Waals surface area contributed by atoms with Gasteiger partial charge in [-0.1, -0.05) is 18.2 Å². The number of rotatable bonds is 5. The highest BCUT2D eigenvalue weighted by Gasteiger charge is 2.22. The van der Waals surface area contributed by atoms with E-state index >= 15 is 0 Å². The number of thioether (sulfide) groups is 1. The van der Waals surface area contributed by atoms with Gasteiger partial charge in [-0.15, -0.1) is 11.8 Å². The van der Waals surface area contributed by atoms with E-state index in [1.54, 1.807) is 11.8 Å². The number of nitrogens with zero attached hydrogens (tertiary/aromatic N) is 4. The van der Waals surface area contributed by atoms with Gasteiger partial charge in [0.15, 0.2) is 5.82 Å². The standard InChI is InChI=1S/C22H25N5OS/c1-4-5-6-15(2)18-19(29-3)22(27-9-11-28-12-10-27)26-21(25-18)17-13-16-7-8-23-20(16)24-14-17/h4-8,13-14H,9-12H2,1-3H3,(H,23,24)/b5-4+,15-6+. The van der Waals surface area contributed by atoms with Crippen molar-refractivity contribution in [2.24, 2.45) is 0 Å². The first-order chi connectivity index (χ1) is 14.2. The van der Waals surface area contributed by atoms with Crippen molar-refractivity contribution in [2.45, 2.75) is 18.7 Å². The number of aromatic nitrogens is 4. The molecule has 6 nitrogen and oxygen atoms in total. The Hall–Kier alpha value is -2.64. The second-order valence-electron chi connectivity index (χ2n) is 6.87. The van der Waals surface area contributed by atoms with E-state index in [1.165, 1.54) is 0 Å². The van der Waals surface area contributed by atoms with E-state index in [0.717, 1.165) is 51.7 Å². The van der Waals surface area contributed by atoms with Gasteiger partial charge in [-0.3, -0.25) is 0 Å². The van der Waals surface area contributed by atoms with E-state index in [4.69, 9.17) is 14.7 Å². The van der Waals surface area contributed by atoms with Crippen LogP contribution < -0.4 is 4.90 Å². The normalized spacial score (nSPS) is 15.6. The van der Waals surface area contributed by atoms with Crippen molar-refractivity contribution in [1.82, 2.24) is 19.9 Å². The fourth-order valence-electron chi connectivity index (χ4n) is 3.39. The fraction of sp³-hybridized carbons (Fsp3) is 0.318. The van der Waals surface area contributed by atoms with Crippen molar-refractivity contribution in [1.29, 1.82) is 0 Å². The lowest BCUT2D eigenvalue weighted by atomic mass is 10.1. The Bertz CT molecular complexity index is 1070. The van der Waals surface area contributed by atoms with Gasteiger partial charge in [-0.05, 0) is 37.8 Å². The number of H-pyrrole nitrogens is 1. The second-order valence-corrected chi connectivity index (χ2v) is 7.68. The maximum Gasteiger partial charge on any atom is 0.163 e. The molecule has 0 spiro atoms. The summed E-state index contributed by atoms with van der Waals surface area (Å²) in [6.45, 7) is 7.20. The molecule has 1 aliphatic rings. The summed E-state index contributed by atoms with van der Waals surface area (Å²) < 4.78 is 5.55. The summed E-state index contributed by atoms with van der Waals surface area (Å²) in [4.78, 5) is 21.0. The van der Waals surface area contributed by atoms with E-state index < -0.39 is 0 Å². The molecule has 0 radical (unpaired) electrons. The highest BCUT2D eigenvalue weighted by Crippen LogP contribution is 2.36. The largest absolute Gasteiger partial charge is 0.378 e. The summed E-state index contributed by atoms with van der Waals surface area (Å²) in [5.41, 5.74) is 3.86. The maximum absolute atomic E-state index is 5.55. The first kappa shape index (κ1) is 19.7. The first-order valence-electron chi connectivity index (χ1n) is 9.73.